The lowest BCUT2D eigenvalue weighted by Gasteiger charge is -2.56. The lowest BCUT2D eigenvalue weighted by atomic mass is 9.51. The highest BCUT2D eigenvalue weighted by Gasteiger charge is 2.60. The van der Waals surface area contributed by atoms with Gasteiger partial charge in [0.25, 0.3) is 0 Å². The average Bonchev–Trinajstić information content (AvgIpc) is 2.72. The third-order valence-corrected chi connectivity index (χ3v) is 6.66. The molecule has 9 heteroatoms. The number of hydrogen-bond acceptors (Lipinski definition) is 9. The van der Waals surface area contributed by atoms with Crippen LogP contribution in [0.1, 0.15) is 26.2 Å². The highest BCUT2D eigenvalue weighted by Crippen LogP contribution is 2.55. The molecule has 8 atom stereocenters. The van der Waals surface area contributed by atoms with Crippen LogP contribution in [0.2, 0.25) is 0 Å². The number of rotatable bonds is 7. The number of hydrogen-bond donors (Lipinski definition) is 4. The number of aliphatic hydroxyl groups is 4. The summed E-state index contributed by atoms with van der Waals surface area (Å²) in [7, 11) is 1.14. The highest BCUT2D eigenvalue weighted by atomic mass is 16.5. The molecule has 0 aliphatic heterocycles. The molecule has 30 heavy (non-hydrogen) atoms. The van der Waals surface area contributed by atoms with Gasteiger partial charge in [-0.1, -0.05) is 20.1 Å². The molecule has 0 aromatic heterocycles. The van der Waals surface area contributed by atoms with Gasteiger partial charge in [0.2, 0.25) is 0 Å². The lowest BCUT2D eigenvalue weighted by Crippen LogP contribution is -2.62. The molecule has 168 valence electrons. The van der Waals surface area contributed by atoms with Gasteiger partial charge in [0.15, 0.2) is 0 Å². The summed E-state index contributed by atoms with van der Waals surface area (Å²) < 4.78 is 10.2. The van der Waals surface area contributed by atoms with Crippen LogP contribution in [0.3, 0.4) is 0 Å². The van der Waals surface area contributed by atoms with Gasteiger partial charge in [0.05, 0.1) is 37.4 Å². The molecule has 4 N–H and O–H groups in total. The summed E-state index contributed by atoms with van der Waals surface area (Å²) in [6, 6.07) is 0. The third-order valence-electron chi connectivity index (χ3n) is 6.66. The smallest absolute Gasteiger partial charge is 0.336 e. The molecule has 0 aromatic rings. The summed E-state index contributed by atoms with van der Waals surface area (Å²) in [6.07, 6.45) is -3.34. The van der Waals surface area contributed by atoms with Gasteiger partial charge < -0.3 is 34.7 Å². The van der Waals surface area contributed by atoms with Gasteiger partial charge >= 0.3 is 11.9 Å². The van der Waals surface area contributed by atoms with Crippen LogP contribution in [0.15, 0.2) is 24.3 Å². The second kappa shape index (κ2) is 9.38. The standard InChI is InChI=1S/C21H30O9/c1-10(13(24)9-23)20(28)30-14-7-21(3)15(25)6-5-12(8-22)17(21)18(26)16(14)11(2)19(27)29-4/h8,12-18,23-26H,1-2,5-7,9H2,3-4H3/t12-,13+,14-,15-,16-,17-,18-,21-/m0/s1. The molecular formula is C21H30O9. The van der Waals surface area contributed by atoms with E-state index in [1.165, 1.54) is 0 Å². The Kier molecular flexibility index (Phi) is 7.57. The number of fused-ring (bicyclic) bond motifs is 1. The molecule has 9 nitrogen and oxygen atoms in total. The molecule has 2 rings (SSSR count). The summed E-state index contributed by atoms with van der Waals surface area (Å²) in [4.78, 5) is 36.3. The first-order valence-electron chi connectivity index (χ1n) is 9.80. The van der Waals surface area contributed by atoms with Crippen LogP contribution < -0.4 is 0 Å². The van der Waals surface area contributed by atoms with Gasteiger partial charge in [-0.05, 0) is 19.3 Å². The number of esters is 2. The van der Waals surface area contributed by atoms with E-state index in [4.69, 9.17) is 14.6 Å². The van der Waals surface area contributed by atoms with Gasteiger partial charge in [0, 0.05) is 22.8 Å². The van der Waals surface area contributed by atoms with Crippen LogP contribution in [-0.4, -0.2) is 76.8 Å². The summed E-state index contributed by atoms with van der Waals surface area (Å²) in [5.41, 5.74) is -1.50. The largest absolute Gasteiger partial charge is 0.466 e. The number of carbonyl (C=O) groups excluding carboxylic acids is 3. The summed E-state index contributed by atoms with van der Waals surface area (Å²) in [6.45, 7) is 8.08. The first kappa shape index (κ1) is 24.2. The fourth-order valence-corrected chi connectivity index (χ4v) is 4.91. The van der Waals surface area contributed by atoms with Crippen LogP contribution >= 0.6 is 0 Å². The molecule has 0 aromatic carbocycles. The third kappa shape index (κ3) is 4.20. The topological polar surface area (TPSA) is 151 Å². The quantitative estimate of drug-likeness (QED) is 0.240. The molecule has 2 fully saturated rings. The van der Waals surface area contributed by atoms with E-state index in [1.807, 2.05) is 0 Å². The number of aldehydes is 1. The van der Waals surface area contributed by atoms with Crippen molar-refractivity contribution in [2.75, 3.05) is 13.7 Å². The Morgan fingerprint density at radius 2 is 1.87 bits per heavy atom. The predicted octanol–water partition coefficient (Wildman–Crippen LogP) is -0.490. The second-order valence-electron chi connectivity index (χ2n) is 8.33. The summed E-state index contributed by atoms with van der Waals surface area (Å²) in [5, 5.41) is 40.6. The zero-order valence-corrected chi connectivity index (χ0v) is 17.2. The molecule has 0 unspecified atom stereocenters. The monoisotopic (exact) mass is 426 g/mol. The molecule has 0 bridgehead atoms. The Balaban J connectivity index is 2.45. The van der Waals surface area contributed by atoms with Crippen LogP contribution in [0.5, 0.6) is 0 Å². The van der Waals surface area contributed by atoms with E-state index in [2.05, 4.69) is 13.2 Å². The number of aliphatic hydroxyl groups excluding tert-OH is 4. The minimum absolute atomic E-state index is 0.0369. The SMILES string of the molecule is C=C(C(=O)OC)[C@@H]1[C@H](O)[C@@H]2[C@H](C=O)CC[C@H](O)[C@]2(C)C[C@@H]1OC(=O)C(=C)[C@H](O)CO. The van der Waals surface area contributed by atoms with Crippen molar-refractivity contribution >= 4 is 18.2 Å². The van der Waals surface area contributed by atoms with E-state index in [0.717, 1.165) is 13.4 Å². The molecule has 0 radical (unpaired) electrons. The fourth-order valence-electron chi connectivity index (χ4n) is 4.91. The van der Waals surface area contributed by atoms with Gasteiger partial charge in [-0.25, -0.2) is 9.59 Å². The first-order chi connectivity index (χ1) is 14.0. The van der Waals surface area contributed by atoms with E-state index >= 15 is 0 Å². The van der Waals surface area contributed by atoms with Crippen LogP contribution in [0.25, 0.3) is 0 Å². The van der Waals surface area contributed by atoms with E-state index in [-0.39, 0.29) is 12.0 Å². The maximum Gasteiger partial charge on any atom is 0.336 e. The Labute approximate surface area is 175 Å². The van der Waals surface area contributed by atoms with E-state index in [9.17, 15) is 29.7 Å². The molecule has 2 aliphatic rings. The summed E-state index contributed by atoms with van der Waals surface area (Å²) >= 11 is 0. The van der Waals surface area contributed by atoms with Gasteiger partial charge in [-0.15, -0.1) is 0 Å². The zero-order valence-electron chi connectivity index (χ0n) is 17.2. The molecule has 0 spiro atoms. The van der Waals surface area contributed by atoms with Crippen molar-refractivity contribution in [3.63, 3.8) is 0 Å². The lowest BCUT2D eigenvalue weighted by molar-refractivity contribution is -0.198. The van der Waals surface area contributed by atoms with Crippen molar-refractivity contribution in [2.45, 2.75) is 50.6 Å². The van der Waals surface area contributed by atoms with Crippen LogP contribution in [0.4, 0.5) is 0 Å². The predicted molar refractivity (Wildman–Crippen MR) is 104 cm³/mol. The Hall–Kier alpha value is -2.07. The molecule has 2 aliphatic carbocycles. The molecule has 2 saturated carbocycles. The Bertz CT molecular complexity index is 717. The van der Waals surface area contributed by atoms with Crippen molar-refractivity contribution in [3.8, 4) is 0 Å². The van der Waals surface area contributed by atoms with E-state index < -0.39 is 71.7 Å². The van der Waals surface area contributed by atoms with E-state index in [0.29, 0.717) is 12.8 Å². The van der Waals surface area contributed by atoms with Gasteiger partial charge in [0.1, 0.15) is 18.5 Å². The molecule has 0 heterocycles. The van der Waals surface area contributed by atoms with Crippen molar-refractivity contribution in [2.24, 2.45) is 23.2 Å². The molecular weight excluding hydrogens is 396 g/mol. The van der Waals surface area contributed by atoms with Crippen molar-refractivity contribution in [1.82, 2.24) is 0 Å². The average molecular weight is 426 g/mol. The highest BCUT2D eigenvalue weighted by molar-refractivity contribution is 5.90. The number of carbonyl (C=O) groups is 3. The van der Waals surface area contributed by atoms with Crippen molar-refractivity contribution in [1.29, 1.82) is 0 Å². The zero-order chi connectivity index (χ0) is 22.8. The minimum atomic E-state index is -1.53. The van der Waals surface area contributed by atoms with E-state index in [1.54, 1.807) is 6.92 Å². The Morgan fingerprint density at radius 3 is 2.40 bits per heavy atom. The number of methoxy groups -OCH3 is 1. The minimum Gasteiger partial charge on any atom is -0.466 e. The fraction of sp³-hybridized carbons (Fsp3) is 0.667. The first-order valence-corrected chi connectivity index (χ1v) is 9.80. The van der Waals surface area contributed by atoms with Crippen LogP contribution in [-0.2, 0) is 23.9 Å². The van der Waals surface area contributed by atoms with Gasteiger partial charge in [-0.2, -0.15) is 0 Å². The molecule has 0 amide bonds. The Morgan fingerprint density at radius 1 is 1.23 bits per heavy atom. The summed E-state index contributed by atoms with van der Waals surface area (Å²) in [5.74, 6) is -4.16. The van der Waals surface area contributed by atoms with Crippen LogP contribution in [0, 0.1) is 23.2 Å². The second-order valence-corrected chi connectivity index (χ2v) is 8.33. The van der Waals surface area contributed by atoms with Crippen molar-refractivity contribution < 1.29 is 44.3 Å². The number of ether oxygens (including phenoxy) is 2. The van der Waals surface area contributed by atoms with Crippen molar-refractivity contribution in [3.05, 3.63) is 24.3 Å². The van der Waals surface area contributed by atoms with Gasteiger partial charge in [-0.3, -0.25) is 0 Å². The maximum atomic E-state index is 12.5. The normalized spacial score (nSPS) is 36.7. The maximum absolute atomic E-state index is 12.5. The molecule has 0 saturated heterocycles.